The van der Waals surface area contributed by atoms with E-state index in [0.717, 1.165) is 37.6 Å². The SMILES string of the molecule is CCc1ccccc1OC1CN(C(=O)NCCC2CCN(CC)CC2)C1. The van der Waals surface area contributed by atoms with E-state index >= 15 is 0 Å². The second kappa shape index (κ2) is 9.26. The summed E-state index contributed by atoms with van der Waals surface area (Å²) in [7, 11) is 0. The lowest BCUT2D eigenvalue weighted by Crippen LogP contribution is -2.59. The van der Waals surface area contributed by atoms with Crippen LogP contribution in [0.2, 0.25) is 0 Å². The number of benzene rings is 1. The number of carbonyl (C=O) groups excluding carboxylic acids is 1. The molecular weight excluding hydrogens is 326 g/mol. The number of urea groups is 1. The van der Waals surface area contributed by atoms with E-state index in [-0.39, 0.29) is 12.1 Å². The highest BCUT2D eigenvalue weighted by molar-refractivity contribution is 5.75. The van der Waals surface area contributed by atoms with Crippen molar-refractivity contribution < 1.29 is 9.53 Å². The van der Waals surface area contributed by atoms with Gasteiger partial charge < -0.3 is 19.9 Å². The Labute approximate surface area is 157 Å². The summed E-state index contributed by atoms with van der Waals surface area (Å²) in [5.74, 6) is 1.72. The zero-order valence-electron chi connectivity index (χ0n) is 16.2. The Balaban J connectivity index is 1.31. The zero-order chi connectivity index (χ0) is 18.4. The first-order valence-corrected chi connectivity index (χ1v) is 10.2. The summed E-state index contributed by atoms with van der Waals surface area (Å²) < 4.78 is 6.05. The number of aryl methyl sites for hydroxylation is 1. The van der Waals surface area contributed by atoms with Gasteiger partial charge in [-0.1, -0.05) is 32.0 Å². The number of rotatable bonds is 7. The van der Waals surface area contributed by atoms with Gasteiger partial charge in [0, 0.05) is 6.54 Å². The third-order valence-corrected chi connectivity index (χ3v) is 5.77. The lowest BCUT2D eigenvalue weighted by atomic mass is 9.93. The molecule has 0 unspecified atom stereocenters. The highest BCUT2D eigenvalue weighted by Gasteiger charge is 2.32. The number of nitrogens with one attached hydrogen (secondary N) is 1. The van der Waals surface area contributed by atoms with Crippen molar-refractivity contribution in [3.05, 3.63) is 29.8 Å². The number of hydrogen-bond donors (Lipinski definition) is 1. The van der Waals surface area contributed by atoms with Gasteiger partial charge in [-0.2, -0.15) is 0 Å². The maximum Gasteiger partial charge on any atom is 0.317 e. The molecule has 2 amide bonds. The van der Waals surface area contributed by atoms with Crippen LogP contribution in [0.3, 0.4) is 0 Å². The predicted octanol–water partition coefficient (Wildman–Crippen LogP) is 3.14. The Morgan fingerprint density at radius 2 is 1.92 bits per heavy atom. The monoisotopic (exact) mass is 359 g/mol. The molecule has 2 saturated heterocycles. The van der Waals surface area contributed by atoms with Gasteiger partial charge in [0.25, 0.3) is 0 Å². The second-order valence-corrected chi connectivity index (χ2v) is 7.50. The first-order valence-electron chi connectivity index (χ1n) is 10.2. The highest BCUT2D eigenvalue weighted by Crippen LogP contribution is 2.23. The molecule has 0 bridgehead atoms. The molecule has 3 rings (SSSR count). The molecule has 2 aliphatic rings. The zero-order valence-corrected chi connectivity index (χ0v) is 16.2. The van der Waals surface area contributed by atoms with Crippen molar-refractivity contribution in [1.82, 2.24) is 15.1 Å². The molecule has 5 heteroatoms. The number of hydrogen-bond acceptors (Lipinski definition) is 3. The first kappa shape index (κ1) is 19.0. The minimum atomic E-state index is 0.0552. The molecule has 26 heavy (non-hydrogen) atoms. The lowest BCUT2D eigenvalue weighted by Gasteiger charge is -2.39. The van der Waals surface area contributed by atoms with Crippen molar-refractivity contribution in [2.75, 3.05) is 39.3 Å². The highest BCUT2D eigenvalue weighted by atomic mass is 16.5. The number of amides is 2. The molecule has 0 atom stereocenters. The van der Waals surface area contributed by atoms with E-state index in [9.17, 15) is 4.79 Å². The van der Waals surface area contributed by atoms with E-state index in [4.69, 9.17) is 4.74 Å². The fourth-order valence-corrected chi connectivity index (χ4v) is 3.86. The van der Waals surface area contributed by atoms with E-state index < -0.39 is 0 Å². The predicted molar refractivity (Wildman–Crippen MR) is 105 cm³/mol. The van der Waals surface area contributed by atoms with E-state index in [1.807, 2.05) is 23.1 Å². The number of likely N-dealkylation sites (tertiary alicyclic amines) is 2. The van der Waals surface area contributed by atoms with Crippen LogP contribution < -0.4 is 10.1 Å². The summed E-state index contributed by atoms with van der Waals surface area (Å²) in [6.07, 6.45) is 4.71. The van der Waals surface area contributed by atoms with Crippen molar-refractivity contribution in [2.45, 2.75) is 45.6 Å². The summed E-state index contributed by atoms with van der Waals surface area (Å²) >= 11 is 0. The van der Waals surface area contributed by atoms with Crippen molar-refractivity contribution >= 4 is 6.03 Å². The van der Waals surface area contributed by atoms with Crippen LogP contribution in [0.25, 0.3) is 0 Å². The number of carbonyl (C=O) groups is 1. The number of ether oxygens (including phenoxy) is 1. The molecule has 1 aromatic rings. The Hall–Kier alpha value is -1.75. The molecular formula is C21H33N3O2. The van der Waals surface area contributed by atoms with Gasteiger partial charge in [-0.05, 0) is 62.9 Å². The Kier molecular flexibility index (Phi) is 6.78. The van der Waals surface area contributed by atoms with Crippen LogP contribution in [0.1, 0.15) is 38.7 Å². The molecule has 0 spiro atoms. The summed E-state index contributed by atoms with van der Waals surface area (Å²) in [4.78, 5) is 16.6. The minimum absolute atomic E-state index is 0.0552. The smallest absolute Gasteiger partial charge is 0.317 e. The largest absolute Gasteiger partial charge is 0.486 e. The maximum atomic E-state index is 12.2. The fourth-order valence-electron chi connectivity index (χ4n) is 3.86. The van der Waals surface area contributed by atoms with Crippen LogP contribution in [0.15, 0.2) is 24.3 Å². The average molecular weight is 360 g/mol. The third kappa shape index (κ3) is 4.91. The molecule has 0 aromatic heterocycles. The van der Waals surface area contributed by atoms with Crippen LogP contribution in [0, 0.1) is 5.92 Å². The normalized spacial score (nSPS) is 19.2. The van der Waals surface area contributed by atoms with Crippen molar-refractivity contribution in [2.24, 2.45) is 5.92 Å². The van der Waals surface area contributed by atoms with Crippen LogP contribution in [-0.4, -0.2) is 61.2 Å². The van der Waals surface area contributed by atoms with Crippen LogP contribution in [0.5, 0.6) is 5.75 Å². The summed E-state index contributed by atoms with van der Waals surface area (Å²) in [6, 6.07) is 8.22. The fraction of sp³-hybridized carbons (Fsp3) is 0.667. The molecule has 2 aliphatic heterocycles. The van der Waals surface area contributed by atoms with E-state index in [1.165, 1.54) is 31.5 Å². The number of para-hydroxylation sites is 1. The average Bonchev–Trinajstić information content (AvgIpc) is 2.65. The standard InChI is InChI=1S/C21H33N3O2/c1-3-18-7-5-6-8-20(18)26-19-15-24(16-19)21(25)22-12-9-17-10-13-23(4-2)14-11-17/h5-8,17,19H,3-4,9-16H2,1-2H3,(H,22,25). The second-order valence-electron chi connectivity index (χ2n) is 7.50. The topological polar surface area (TPSA) is 44.8 Å². The van der Waals surface area contributed by atoms with Crippen molar-refractivity contribution in [3.63, 3.8) is 0 Å². The molecule has 0 radical (unpaired) electrons. The van der Waals surface area contributed by atoms with Gasteiger partial charge in [0.1, 0.15) is 11.9 Å². The van der Waals surface area contributed by atoms with Crippen molar-refractivity contribution in [1.29, 1.82) is 0 Å². The Bertz CT molecular complexity index is 578. The molecule has 1 aromatic carbocycles. The molecule has 0 saturated carbocycles. The first-order chi connectivity index (χ1) is 12.7. The Morgan fingerprint density at radius 3 is 2.62 bits per heavy atom. The summed E-state index contributed by atoms with van der Waals surface area (Å²) in [6.45, 7) is 10.1. The molecule has 5 nitrogen and oxygen atoms in total. The van der Waals surface area contributed by atoms with Crippen LogP contribution in [0.4, 0.5) is 4.79 Å². The summed E-state index contributed by atoms with van der Waals surface area (Å²) in [5.41, 5.74) is 1.23. The molecule has 2 heterocycles. The molecule has 144 valence electrons. The van der Waals surface area contributed by atoms with Crippen molar-refractivity contribution in [3.8, 4) is 5.75 Å². The van der Waals surface area contributed by atoms with Crippen LogP contribution >= 0.6 is 0 Å². The van der Waals surface area contributed by atoms with Gasteiger partial charge in [-0.25, -0.2) is 4.79 Å². The molecule has 0 aliphatic carbocycles. The van der Waals surface area contributed by atoms with Gasteiger partial charge in [0.15, 0.2) is 0 Å². The van der Waals surface area contributed by atoms with E-state index in [2.05, 4.69) is 30.1 Å². The van der Waals surface area contributed by atoms with Gasteiger partial charge in [0.05, 0.1) is 13.1 Å². The Morgan fingerprint density at radius 1 is 1.19 bits per heavy atom. The molecule has 2 fully saturated rings. The maximum absolute atomic E-state index is 12.2. The van der Waals surface area contributed by atoms with Crippen LogP contribution in [-0.2, 0) is 6.42 Å². The number of piperidine rings is 1. The quantitative estimate of drug-likeness (QED) is 0.813. The number of nitrogens with zero attached hydrogens (tertiary/aromatic N) is 2. The van der Waals surface area contributed by atoms with Gasteiger partial charge >= 0.3 is 6.03 Å². The molecule has 1 N–H and O–H groups in total. The van der Waals surface area contributed by atoms with Gasteiger partial charge in [-0.3, -0.25) is 0 Å². The van der Waals surface area contributed by atoms with E-state index in [1.54, 1.807) is 0 Å². The van der Waals surface area contributed by atoms with Gasteiger partial charge in [0.2, 0.25) is 0 Å². The lowest BCUT2D eigenvalue weighted by molar-refractivity contribution is 0.0437. The minimum Gasteiger partial charge on any atom is -0.486 e. The summed E-state index contributed by atoms with van der Waals surface area (Å²) in [5, 5.41) is 3.08. The third-order valence-electron chi connectivity index (χ3n) is 5.77. The van der Waals surface area contributed by atoms with Gasteiger partial charge in [-0.15, -0.1) is 0 Å². The van der Waals surface area contributed by atoms with E-state index in [0.29, 0.717) is 13.1 Å².